The van der Waals surface area contributed by atoms with E-state index in [1.807, 2.05) is 48.9 Å². The molecule has 1 unspecified atom stereocenters. The van der Waals surface area contributed by atoms with Crippen LogP contribution in [0.4, 0.5) is 8.78 Å². The molecule has 7 aromatic carbocycles. The molecule has 2 aliphatic heterocycles. The molecule has 4 heterocycles. The van der Waals surface area contributed by atoms with E-state index in [-0.39, 0.29) is 64.6 Å². The lowest BCUT2D eigenvalue weighted by Gasteiger charge is -2.36. The van der Waals surface area contributed by atoms with Crippen LogP contribution in [0.25, 0.3) is 43.8 Å². The second-order valence-corrected chi connectivity index (χ2v) is 18.3. The van der Waals surface area contributed by atoms with Crippen molar-refractivity contribution >= 4 is 33.4 Å². The molecular formula is C61H49F2N3O9. The number of ether oxygens (including phenoxy) is 6. The van der Waals surface area contributed by atoms with Gasteiger partial charge in [-0.2, -0.15) is 0 Å². The minimum atomic E-state index is -1.80. The fourth-order valence-corrected chi connectivity index (χ4v) is 9.80. The van der Waals surface area contributed by atoms with Gasteiger partial charge < -0.3 is 38.8 Å². The number of carbonyl (C=O) groups is 2. The molecule has 2 aromatic heterocycles. The predicted molar refractivity (Wildman–Crippen MR) is 278 cm³/mol. The molecule has 1 spiro atoms. The van der Waals surface area contributed by atoms with Gasteiger partial charge in [-0.3, -0.25) is 14.8 Å². The maximum Gasteiger partial charge on any atom is 0.340 e. The zero-order valence-electron chi connectivity index (χ0n) is 40.7. The van der Waals surface area contributed by atoms with E-state index in [1.54, 1.807) is 13.1 Å². The number of rotatable bonds is 18. The summed E-state index contributed by atoms with van der Waals surface area (Å²) in [4.78, 5) is 35.5. The Labute approximate surface area is 430 Å². The second-order valence-electron chi connectivity index (χ2n) is 18.3. The Kier molecular flexibility index (Phi) is 13.7. The van der Waals surface area contributed by atoms with Gasteiger partial charge in [0.15, 0.2) is 17.2 Å². The SMILES string of the molecule is Cc1cc2c(cc1F)C1(OC(=O)c3cc(C(=O)NCCOCCOCCOCc4ccc(-c5cccc6ccncc56)c(OCCc5ccc(-c6cccc7ccncc67)cc5)c4)ccc31)c1cc(F)c(O)cc1O2. The molecule has 1 amide bonds. The molecule has 2 N–H and O–H groups in total. The summed E-state index contributed by atoms with van der Waals surface area (Å²) in [5.74, 6) is -2.55. The minimum Gasteiger partial charge on any atom is -0.505 e. The van der Waals surface area contributed by atoms with Crippen LogP contribution in [0.15, 0.2) is 158 Å². The number of amides is 1. The number of phenolic OH excluding ortho intramolecular Hbond substituents is 1. The quantitative estimate of drug-likeness (QED) is 0.0625. The summed E-state index contributed by atoms with van der Waals surface area (Å²) in [6.07, 6.45) is 8.12. The highest BCUT2D eigenvalue weighted by atomic mass is 19.1. The summed E-state index contributed by atoms with van der Waals surface area (Å²) >= 11 is 0. The number of hydrogen-bond donors (Lipinski definition) is 2. The van der Waals surface area contributed by atoms with Crippen molar-refractivity contribution in [2.45, 2.75) is 25.6 Å². The lowest BCUT2D eigenvalue weighted by Crippen LogP contribution is -2.33. The molecule has 0 bridgehead atoms. The zero-order chi connectivity index (χ0) is 51.5. The van der Waals surface area contributed by atoms with Gasteiger partial charge in [0.05, 0.1) is 62.9 Å². The van der Waals surface area contributed by atoms with Gasteiger partial charge in [-0.05, 0) is 99.6 Å². The van der Waals surface area contributed by atoms with Gasteiger partial charge in [-0.1, -0.05) is 78.9 Å². The number of esters is 1. The Morgan fingerprint density at radius 2 is 1.31 bits per heavy atom. The molecule has 11 rings (SSSR count). The predicted octanol–water partition coefficient (Wildman–Crippen LogP) is 11.6. The summed E-state index contributed by atoms with van der Waals surface area (Å²) in [7, 11) is 0. The van der Waals surface area contributed by atoms with Crippen LogP contribution in [0.3, 0.4) is 0 Å². The van der Waals surface area contributed by atoms with E-state index >= 15 is 4.39 Å². The van der Waals surface area contributed by atoms with Gasteiger partial charge in [-0.25, -0.2) is 13.6 Å². The maximum atomic E-state index is 15.1. The molecule has 2 aliphatic rings. The smallest absolute Gasteiger partial charge is 0.340 e. The Bertz CT molecular complexity index is 3580. The second kappa shape index (κ2) is 21.1. The van der Waals surface area contributed by atoms with Crippen molar-refractivity contribution in [1.29, 1.82) is 0 Å². The van der Waals surface area contributed by atoms with Crippen LogP contribution in [0.1, 0.15) is 54.1 Å². The van der Waals surface area contributed by atoms with E-state index in [2.05, 4.69) is 75.9 Å². The van der Waals surface area contributed by atoms with Gasteiger partial charge in [0.25, 0.3) is 5.91 Å². The van der Waals surface area contributed by atoms with Crippen molar-refractivity contribution in [2.24, 2.45) is 0 Å². The number of carbonyl (C=O) groups excluding carboxylic acids is 2. The van der Waals surface area contributed by atoms with Gasteiger partial charge in [-0.15, -0.1) is 0 Å². The van der Waals surface area contributed by atoms with Crippen molar-refractivity contribution in [2.75, 3.05) is 46.2 Å². The number of aromatic nitrogens is 2. The van der Waals surface area contributed by atoms with Crippen LogP contribution >= 0.6 is 0 Å². The molecule has 376 valence electrons. The van der Waals surface area contributed by atoms with E-state index in [1.165, 1.54) is 35.9 Å². The number of phenols is 1. The number of halogens is 2. The minimum absolute atomic E-state index is 0.0320. The fourth-order valence-electron chi connectivity index (χ4n) is 9.80. The van der Waals surface area contributed by atoms with Crippen LogP contribution in [0, 0.1) is 18.6 Å². The van der Waals surface area contributed by atoms with Crippen molar-refractivity contribution in [3.8, 4) is 45.3 Å². The number of fused-ring (bicyclic) bond motifs is 8. The highest BCUT2D eigenvalue weighted by molar-refractivity contribution is 6.02. The highest BCUT2D eigenvalue weighted by Gasteiger charge is 2.54. The average Bonchev–Trinajstić information content (AvgIpc) is 3.76. The summed E-state index contributed by atoms with van der Waals surface area (Å²) < 4.78 is 65.8. The third kappa shape index (κ3) is 9.74. The van der Waals surface area contributed by atoms with E-state index in [4.69, 9.17) is 28.4 Å². The van der Waals surface area contributed by atoms with Crippen LogP contribution in [0.2, 0.25) is 0 Å². The van der Waals surface area contributed by atoms with Crippen molar-refractivity contribution in [1.82, 2.24) is 15.3 Å². The summed E-state index contributed by atoms with van der Waals surface area (Å²) in [5, 5.41) is 17.3. The monoisotopic (exact) mass is 1010 g/mol. The first-order valence-electron chi connectivity index (χ1n) is 24.6. The number of hydrogen-bond acceptors (Lipinski definition) is 11. The summed E-state index contributed by atoms with van der Waals surface area (Å²) in [6.45, 7) is 4.04. The topological polar surface area (TPSA) is 148 Å². The first-order chi connectivity index (χ1) is 36.6. The molecular weight excluding hydrogens is 957 g/mol. The van der Waals surface area contributed by atoms with Gasteiger partial charge in [0, 0.05) is 71.3 Å². The molecule has 0 aliphatic carbocycles. The fraction of sp³-hybridized carbons (Fsp3) is 0.180. The van der Waals surface area contributed by atoms with Gasteiger partial charge >= 0.3 is 5.97 Å². The number of aryl methyl sites for hydroxylation is 1. The largest absolute Gasteiger partial charge is 0.505 e. The van der Waals surface area contributed by atoms with E-state index in [9.17, 15) is 19.1 Å². The molecule has 1 atom stereocenters. The Morgan fingerprint density at radius 3 is 2.07 bits per heavy atom. The van der Waals surface area contributed by atoms with Crippen LogP contribution in [-0.4, -0.2) is 73.1 Å². The van der Waals surface area contributed by atoms with E-state index in [0.29, 0.717) is 39.5 Å². The molecule has 0 saturated carbocycles. The molecule has 0 radical (unpaired) electrons. The van der Waals surface area contributed by atoms with Crippen molar-refractivity contribution < 1.29 is 51.9 Å². The number of aromatic hydroxyl groups is 1. The molecule has 9 aromatic rings. The number of nitrogens with zero attached hydrogens (tertiary/aromatic N) is 2. The van der Waals surface area contributed by atoms with Crippen molar-refractivity contribution in [3.63, 3.8) is 0 Å². The Morgan fingerprint density at radius 1 is 0.640 bits per heavy atom. The molecule has 0 saturated heterocycles. The highest BCUT2D eigenvalue weighted by Crippen LogP contribution is 2.57. The standard InChI is InChI=1S/C61H49F2N3O9/c1-37-28-57-51(31-53(37)62)61(52-32-54(63)55(67)33-58(52)74-57)50-15-13-43(30-47(50)60(69)75-61)59(68)66-21-23-70-24-25-71-26-27-72-36-39-10-14-46(45-7-3-5-41-17-20-65-35-49(41)45)56(29-39)73-22-18-38-8-11-42(12-9-38)44-6-2-4-40-16-19-64-34-48(40)44/h2-17,19-20,28-35,67H,18,21-27,36H2,1H3,(H,66,68). The van der Waals surface area contributed by atoms with Crippen LogP contribution < -0.4 is 14.8 Å². The van der Waals surface area contributed by atoms with E-state index in [0.717, 1.165) is 67.2 Å². The zero-order valence-corrected chi connectivity index (χ0v) is 40.7. The molecule has 0 fully saturated rings. The van der Waals surface area contributed by atoms with Crippen LogP contribution in [-0.2, 0) is 37.6 Å². The Hall–Kier alpha value is -8.56. The van der Waals surface area contributed by atoms with Crippen LogP contribution in [0.5, 0.6) is 23.0 Å². The molecule has 12 nitrogen and oxygen atoms in total. The molecule has 14 heteroatoms. The third-order valence-corrected chi connectivity index (χ3v) is 13.6. The Balaban J connectivity index is 0.649. The maximum absolute atomic E-state index is 15.1. The first-order valence-corrected chi connectivity index (χ1v) is 24.6. The average molecular weight is 1010 g/mol. The number of pyridine rings is 2. The van der Waals surface area contributed by atoms with E-state index < -0.39 is 34.9 Å². The third-order valence-electron chi connectivity index (χ3n) is 13.6. The van der Waals surface area contributed by atoms with Crippen molar-refractivity contribution in [3.05, 3.63) is 214 Å². The van der Waals surface area contributed by atoms with Gasteiger partial charge in [0.2, 0.25) is 0 Å². The normalized spacial score (nSPS) is 14.3. The summed E-state index contributed by atoms with van der Waals surface area (Å²) in [6, 6.07) is 40.4. The lowest BCUT2D eigenvalue weighted by molar-refractivity contribution is 0.0112. The van der Waals surface area contributed by atoms with Gasteiger partial charge in [0.1, 0.15) is 23.1 Å². The number of benzene rings is 7. The first kappa shape index (κ1) is 48.7. The molecule has 75 heavy (non-hydrogen) atoms. The number of nitrogens with one attached hydrogen (secondary N) is 1. The summed E-state index contributed by atoms with van der Waals surface area (Å²) in [5.41, 5.74) is 5.55. The lowest BCUT2D eigenvalue weighted by atomic mass is 9.77.